The zero-order chi connectivity index (χ0) is 11.8. The molecule has 0 aliphatic carbocycles. The number of amides is 1. The molecule has 0 saturated carbocycles. The summed E-state index contributed by atoms with van der Waals surface area (Å²) in [5.41, 5.74) is 0.673. The lowest BCUT2D eigenvalue weighted by Crippen LogP contribution is -2.43. The zero-order valence-electron chi connectivity index (χ0n) is 9.49. The summed E-state index contributed by atoms with van der Waals surface area (Å²) in [5, 5.41) is 12.0. The first kappa shape index (κ1) is 14.3. The molecule has 3 nitrogen and oxygen atoms in total. The second-order valence-electron chi connectivity index (χ2n) is 3.16. The molecule has 0 aromatic rings. The highest BCUT2D eigenvalue weighted by molar-refractivity contribution is 8.00. The van der Waals surface area contributed by atoms with E-state index in [-0.39, 0.29) is 11.2 Å². The minimum Gasteiger partial charge on any atom is -0.429 e. The average Bonchev–Trinajstić information content (AvgIpc) is 2.18. The summed E-state index contributed by atoms with van der Waals surface area (Å²) in [6.45, 7) is 9.08. The van der Waals surface area contributed by atoms with Crippen molar-refractivity contribution in [1.29, 1.82) is 0 Å². The van der Waals surface area contributed by atoms with Crippen molar-refractivity contribution >= 4 is 24.7 Å². The topological polar surface area (TPSA) is 49.3 Å². The van der Waals surface area contributed by atoms with Crippen molar-refractivity contribution in [3.63, 3.8) is 0 Å². The lowest BCUT2D eigenvalue weighted by molar-refractivity contribution is -0.118. The van der Waals surface area contributed by atoms with Crippen molar-refractivity contribution in [3.05, 3.63) is 24.2 Å². The third kappa shape index (κ3) is 5.69. The fourth-order valence-corrected chi connectivity index (χ4v) is 1.69. The first-order valence-electron chi connectivity index (χ1n) is 4.92. The maximum atomic E-state index is 11.5. The maximum Gasteiger partial charge on any atom is 0.444 e. The zero-order valence-corrected chi connectivity index (χ0v) is 10.3. The third-order valence-corrected chi connectivity index (χ3v) is 2.92. The summed E-state index contributed by atoms with van der Waals surface area (Å²) in [6.07, 6.45) is 3.25. The molecule has 15 heavy (non-hydrogen) atoms. The molecule has 0 aliphatic rings. The summed E-state index contributed by atoms with van der Waals surface area (Å²) < 4.78 is 0. The molecule has 1 atom stereocenters. The Bertz CT molecular complexity index is 256. The molecule has 0 aliphatic heterocycles. The molecule has 0 bridgehead atoms. The number of hydrogen-bond donors (Lipinski definition) is 2. The van der Waals surface area contributed by atoms with E-state index in [1.807, 2.05) is 13.8 Å². The number of thioether (sulfide) groups is 1. The molecule has 84 valence electrons. The van der Waals surface area contributed by atoms with E-state index >= 15 is 0 Å². The van der Waals surface area contributed by atoms with Gasteiger partial charge in [-0.1, -0.05) is 31.1 Å². The van der Waals surface area contributed by atoms with Crippen molar-refractivity contribution < 1.29 is 9.82 Å². The molecule has 0 radical (unpaired) electrons. The van der Waals surface area contributed by atoms with E-state index in [1.54, 1.807) is 30.8 Å². The van der Waals surface area contributed by atoms with Gasteiger partial charge < -0.3 is 10.3 Å². The molecule has 0 fully saturated rings. The first-order valence-corrected chi connectivity index (χ1v) is 5.97. The second-order valence-corrected chi connectivity index (χ2v) is 4.77. The van der Waals surface area contributed by atoms with Gasteiger partial charge in [0.15, 0.2) is 0 Å². The Hall–Kier alpha value is -0.675. The van der Waals surface area contributed by atoms with Crippen LogP contribution in [0.4, 0.5) is 0 Å². The van der Waals surface area contributed by atoms with Crippen LogP contribution >= 0.6 is 11.8 Å². The van der Waals surface area contributed by atoms with Gasteiger partial charge in [-0.05, 0) is 19.6 Å². The van der Waals surface area contributed by atoms with Gasteiger partial charge in [0, 0.05) is 0 Å². The van der Waals surface area contributed by atoms with Gasteiger partial charge in [0.1, 0.15) is 0 Å². The third-order valence-electron chi connectivity index (χ3n) is 1.88. The maximum absolute atomic E-state index is 11.5. The van der Waals surface area contributed by atoms with Gasteiger partial charge in [-0.3, -0.25) is 4.79 Å². The smallest absolute Gasteiger partial charge is 0.429 e. The highest BCUT2D eigenvalue weighted by atomic mass is 32.2. The standard InChI is InChI=1S/C10H18BNO2S/c1-5-7-8(3)11(14)12-10(13)9(4)15-6-2/h5,7,9,14H,1,6H2,2-4H3,(H,12,13)/b8-7+. The van der Waals surface area contributed by atoms with Crippen LogP contribution in [0.25, 0.3) is 0 Å². The molecule has 0 rings (SSSR count). The van der Waals surface area contributed by atoms with Crippen molar-refractivity contribution in [2.24, 2.45) is 0 Å². The largest absolute Gasteiger partial charge is 0.444 e. The first-order chi connectivity index (χ1) is 7.02. The molecule has 5 heteroatoms. The highest BCUT2D eigenvalue weighted by Gasteiger charge is 2.20. The van der Waals surface area contributed by atoms with Gasteiger partial charge in [-0.2, -0.15) is 0 Å². The van der Waals surface area contributed by atoms with Gasteiger partial charge in [0.05, 0.1) is 5.25 Å². The van der Waals surface area contributed by atoms with Gasteiger partial charge in [0.2, 0.25) is 5.91 Å². The van der Waals surface area contributed by atoms with E-state index in [0.29, 0.717) is 5.47 Å². The lowest BCUT2D eigenvalue weighted by Gasteiger charge is -2.13. The molecule has 1 unspecified atom stereocenters. The number of carbonyl (C=O) groups excluding carboxylic acids is 1. The van der Waals surface area contributed by atoms with Gasteiger partial charge in [0.25, 0.3) is 0 Å². The van der Waals surface area contributed by atoms with Crippen molar-refractivity contribution in [3.8, 4) is 0 Å². The summed E-state index contributed by atoms with van der Waals surface area (Å²) >= 11 is 1.54. The Morgan fingerprint density at radius 1 is 1.73 bits per heavy atom. The minimum atomic E-state index is -0.921. The minimum absolute atomic E-state index is 0.138. The van der Waals surface area contributed by atoms with E-state index < -0.39 is 7.05 Å². The van der Waals surface area contributed by atoms with Crippen LogP contribution in [-0.4, -0.2) is 29.0 Å². The highest BCUT2D eigenvalue weighted by Crippen LogP contribution is 2.09. The van der Waals surface area contributed by atoms with Crippen molar-refractivity contribution in [2.75, 3.05) is 5.75 Å². The molecule has 0 spiro atoms. The van der Waals surface area contributed by atoms with E-state index in [0.717, 1.165) is 5.75 Å². The summed E-state index contributed by atoms with van der Waals surface area (Å²) in [7, 11) is -0.921. The fraction of sp³-hybridized carbons (Fsp3) is 0.500. The van der Waals surface area contributed by atoms with Crippen LogP contribution in [0.2, 0.25) is 0 Å². The van der Waals surface area contributed by atoms with Crippen LogP contribution in [0.1, 0.15) is 20.8 Å². The number of allylic oxidation sites excluding steroid dienone is 3. The SMILES string of the molecule is C=C/C=C(\C)B(O)NC(=O)C(C)SCC. The molecule has 0 aromatic heterocycles. The van der Waals surface area contributed by atoms with Gasteiger partial charge in [-0.25, -0.2) is 0 Å². The number of carbonyl (C=O) groups is 1. The number of nitrogens with one attached hydrogen (secondary N) is 1. The average molecular weight is 227 g/mol. The Morgan fingerprint density at radius 3 is 2.80 bits per heavy atom. The second kappa shape index (κ2) is 7.60. The number of hydrogen-bond acceptors (Lipinski definition) is 3. The Balaban J connectivity index is 4.17. The lowest BCUT2D eigenvalue weighted by atomic mass is 9.74. The van der Waals surface area contributed by atoms with Crippen LogP contribution in [-0.2, 0) is 4.79 Å². The predicted molar refractivity (Wildman–Crippen MR) is 67.7 cm³/mol. The quantitative estimate of drug-likeness (QED) is 0.532. The van der Waals surface area contributed by atoms with Crippen LogP contribution < -0.4 is 5.23 Å². The van der Waals surface area contributed by atoms with E-state index in [9.17, 15) is 9.82 Å². The molecule has 2 N–H and O–H groups in total. The Labute approximate surface area is 96.2 Å². The summed E-state index contributed by atoms with van der Waals surface area (Å²) in [6, 6.07) is 0. The molecule has 0 heterocycles. The Kier molecular flexibility index (Phi) is 7.25. The van der Waals surface area contributed by atoms with E-state index in [1.165, 1.54) is 0 Å². The summed E-state index contributed by atoms with van der Waals surface area (Å²) in [5.74, 6) is 0.734. The Morgan fingerprint density at radius 2 is 2.33 bits per heavy atom. The van der Waals surface area contributed by atoms with Crippen LogP contribution in [0.15, 0.2) is 24.2 Å². The van der Waals surface area contributed by atoms with Crippen molar-refractivity contribution in [2.45, 2.75) is 26.0 Å². The fourth-order valence-electron chi connectivity index (χ4n) is 0.969. The molecule has 0 saturated heterocycles. The van der Waals surface area contributed by atoms with E-state index in [4.69, 9.17) is 0 Å². The molecular weight excluding hydrogens is 209 g/mol. The van der Waals surface area contributed by atoms with Crippen molar-refractivity contribution in [1.82, 2.24) is 5.23 Å². The van der Waals surface area contributed by atoms with Gasteiger partial charge in [-0.15, -0.1) is 11.8 Å². The monoisotopic (exact) mass is 227 g/mol. The summed E-state index contributed by atoms with van der Waals surface area (Å²) in [4.78, 5) is 11.5. The van der Waals surface area contributed by atoms with Crippen LogP contribution in [0.3, 0.4) is 0 Å². The predicted octanol–water partition coefficient (Wildman–Crippen LogP) is 1.40. The number of rotatable bonds is 6. The van der Waals surface area contributed by atoms with Gasteiger partial charge >= 0.3 is 7.05 Å². The molecular formula is C10H18BNO2S. The van der Waals surface area contributed by atoms with E-state index in [2.05, 4.69) is 11.8 Å². The molecule has 1 amide bonds. The van der Waals surface area contributed by atoms with Crippen LogP contribution in [0.5, 0.6) is 0 Å². The normalized spacial score (nSPS) is 13.2. The van der Waals surface area contributed by atoms with Crippen LogP contribution in [0, 0.1) is 0 Å². The molecule has 0 aromatic carbocycles.